The van der Waals surface area contributed by atoms with Crippen molar-refractivity contribution in [2.45, 2.75) is 38.1 Å². The molecule has 25 heavy (non-hydrogen) atoms. The molecule has 1 aromatic carbocycles. The number of nitrogens with zero attached hydrogens (tertiary/aromatic N) is 2. The molecule has 1 unspecified atom stereocenters. The second-order valence-corrected chi connectivity index (χ2v) is 6.71. The van der Waals surface area contributed by atoms with Gasteiger partial charge in [0.15, 0.2) is 0 Å². The van der Waals surface area contributed by atoms with Crippen molar-refractivity contribution in [3.05, 3.63) is 30.1 Å². The largest absolute Gasteiger partial charge is 0.368 e. The van der Waals surface area contributed by atoms with E-state index in [1.165, 1.54) is 31.4 Å². The highest BCUT2D eigenvalue weighted by Crippen LogP contribution is 2.27. The van der Waals surface area contributed by atoms with Gasteiger partial charge in [0.2, 0.25) is 5.91 Å². The summed E-state index contributed by atoms with van der Waals surface area (Å²) < 4.78 is 13.0. The molecule has 0 bridgehead atoms. The number of amides is 1. The molecule has 0 spiro atoms. The summed E-state index contributed by atoms with van der Waals surface area (Å²) in [7, 11) is 0. The standard InChI is InChI=1S/C18H26FN3O.2ClH/c19-15-6-8-16(9-7-15)21-10-12-22(13-11-21)18(23)17(20)14-4-2-1-3-5-14;;/h6-9,14,17H,1-5,10-13,20H2;2*1H. The maximum Gasteiger partial charge on any atom is 0.239 e. The Morgan fingerprint density at radius 3 is 2.12 bits per heavy atom. The third kappa shape index (κ3) is 5.47. The average Bonchev–Trinajstić information content (AvgIpc) is 2.62. The molecule has 0 aromatic heterocycles. The molecule has 1 atom stereocenters. The Morgan fingerprint density at radius 1 is 1.00 bits per heavy atom. The number of hydrogen-bond acceptors (Lipinski definition) is 3. The van der Waals surface area contributed by atoms with Crippen molar-refractivity contribution in [3.63, 3.8) is 0 Å². The van der Waals surface area contributed by atoms with E-state index in [1.807, 2.05) is 4.90 Å². The lowest BCUT2D eigenvalue weighted by molar-refractivity contribution is -0.134. The van der Waals surface area contributed by atoms with Gasteiger partial charge in [-0.25, -0.2) is 4.39 Å². The summed E-state index contributed by atoms with van der Waals surface area (Å²) in [5.74, 6) is 0.239. The molecular weight excluding hydrogens is 364 g/mol. The van der Waals surface area contributed by atoms with Crippen molar-refractivity contribution in [1.29, 1.82) is 0 Å². The Balaban J connectivity index is 0.00000156. The van der Waals surface area contributed by atoms with Crippen LogP contribution >= 0.6 is 24.8 Å². The van der Waals surface area contributed by atoms with Gasteiger partial charge < -0.3 is 15.5 Å². The molecule has 1 saturated heterocycles. The van der Waals surface area contributed by atoms with Gasteiger partial charge in [0, 0.05) is 31.9 Å². The molecule has 142 valence electrons. The van der Waals surface area contributed by atoms with Gasteiger partial charge in [-0.1, -0.05) is 19.3 Å². The molecule has 7 heteroatoms. The van der Waals surface area contributed by atoms with E-state index in [0.29, 0.717) is 19.0 Å². The van der Waals surface area contributed by atoms with Crippen LogP contribution in [0.25, 0.3) is 0 Å². The summed E-state index contributed by atoms with van der Waals surface area (Å²) in [5, 5.41) is 0. The number of carbonyl (C=O) groups excluding carboxylic acids is 1. The number of halogens is 3. The molecule has 0 radical (unpaired) electrons. The first-order chi connectivity index (χ1) is 11.1. The van der Waals surface area contributed by atoms with Crippen LogP contribution in [0.5, 0.6) is 0 Å². The first kappa shape index (κ1) is 22.0. The van der Waals surface area contributed by atoms with E-state index >= 15 is 0 Å². The normalized spacial score (nSPS) is 19.6. The maximum atomic E-state index is 13.0. The molecule has 1 saturated carbocycles. The van der Waals surface area contributed by atoms with Gasteiger partial charge in [0.25, 0.3) is 0 Å². The van der Waals surface area contributed by atoms with Crippen molar-refractivity contribution < 1.29 is 9.18 Å². The van der Waals surface area contributed by atoms with Crippen LogP contribution in [0, 0.1) is 11.7 Å². The Kier molecular flexibility index (Phi) is 8.97. The van der Waals surface area contributed by atoms with Crippen molar-refractivity contribution in [2.24, 2.45) is 11.7 Å². The van der Waals surface area contributed by atoms with Crippen LogP contribution in [0.4, 0.5) is 10.1 Å². The van der Waals surface area contributed by atoms with E-state index in [-0.39, 0.29) is 42.6 Å². The van der Waals surface area contributed by atoms with Crippen molar-refractivity contribution in [2.75, 3.05) is 31.1 Å². The monoisotopic (exact) mass is 391 g/mol. The third-order valence-electron chi connectivity index (χ3n) is 5.23. The maximum absolute atomic E-state index is 13.0. The average molecular weight is 392 g/mol. The quantitative estimate of drug-likeness (QED) is 0.860. The minimum Gasteiger partial charge on any atom is -0.368 e. The lowest BCUT2D eigenvalue weighted by Gasteiger charge is -2.38. The Hall–Kier alpha value is -1.04. The van der Waals surface area contributed by atoms with E-state index < -0.39 is 0 Å². The SMILES string of the molecule is Cl.Cl.NC(C(=O)N1CCN(c2ccc(F)cc2)CC1)C1CCCCC1. The van der Waals surface area contributed by atoms with Crippen LogP contribution < -0.4 is 10.6 Å². The number of nitrogens with two attached hydrogens (primary N) is 1. The van der Waals surface area contributed by atoms with Crippen LogP contribution in [-0.4, -0.2) is 43.0 Å². The van der Waals surface area contributed by atoms with E-state index in [0.717, 1.165) is 31.6 Å². The number of piperazine rings is 1. The molecule has 1 heterocycles. The van der Waals surface area contributed by atoms with Crippen LogP contribution in [0.3, 0.4) is 0 Å². The molecular formula is C18H28Cl2FN3O. The zero-order valence-electron chi connectivity index (χ0n) is 14.4. The Morgan fingerprint density at radius 2 is 1.56 bits per heavy atom. The minimum absolute atomic E-state index is 0. The second-order valence-electron chi connectivity index (χ2n) is 6.71. The fourth-order valence-corrected chi connectivity index (χ4v) is 3.74. The van der Waals surface area contributed by atoms with Crippen LogP contribution in [0.1, 0.15) is 32.1 Å². The van der Waals surface area contributed by atoms with Gasteiger partial charge in [0.1, 0.15) is 5.82 Å². The molecule has 2 N–H and O–H groups in total. The zero-order chi connectivity index (χ0) is 16.2. The Labute approximate surface area is 161 Å². The Bertz CT molecular complexity index is 530. The fourth-order valence-electron chi connectivity index (χ4n) is 3.74. The smallest absolute Gasteiger partial charge is 0.239 e. The lowest BCUT2D eigenvalue weighted by atomic mass is 9.83. The van der Waals surface area contributed by atoms with Gasteiger partial charge in [-0.15, -0.1) is 24.8 Å². The van der Waals surface area contributed by atoms with Crippen molar-refractivity contribution >= 4 is 36.4 Å². The summed E-state index contributed by atoms with van der Waals surface area (Å²) >= 11 is 0. The molecule has 1 aromatic rings. The number of anilines is 1. The summed E-state index contributed by atoms with van der Waals surface area (Å²) in [4.78, 5) is 16.7. The van der Waals surface area contributed by atoms with E-state index in [2.05, 4.69) is 4.90 Å². The van der Waals surface area contributed by atoms with Gasteiger partial charge >= 0.3 is 0 Å². The van der Waals surface area contributed by atoms with E-state index in [4.69, 9.17) is 5.73 Å². The molecule has 2 aliphatic rings. The van der Waals surface area contributed by atoms with Crippen LogP contribution in [-0.2, 0) is 4.79 Å². The molecule has 2 fully saturated rings. The number of benzene rings is 1. The highest BCUT2D eigenvalue weighted by Gasteiger charge is 2.31. The molecule has 1 amide bonds. The first-order valence-electron chi connectivity index (χ1n) is 8.70. The summed E-state index contributed by atoms with van der Waals surface area (Å²) in [6.07, 6.45) is 5.84. The first-order valence-corrected chi connectivity index (χ1v) is 8.70. The predicted molar refractivity (Wildman–Crippen MR) is 104 cm³/mol. The fraction of sp³-hybridized carbons (Fsp3) is 0.611. The minimum atomic E-state index is -0.340. The highest BCUT2D eigenvalue weighted by molar-refractivity contribution is 5.85. The van der Waals surface area contributed by atoms with Gasteiger partial charge in [0.05, 0.1) is 6.04 Å². The number of rotatable bonds is 3. The second kappa shape index (κ2) is 10.2. The third-order valence-corrected chi connectivity index (χ3v) is 5.23. The summed E-state index contributed by atoms with van der Waals surface area (Å²) in [6.45, 7) is 2.93. The molecule has 1 aliphatic carbocycles. The molecule has 1 aliphatic heterocycles. The molecule has 3 rings (SSSR count). The van der Waals surface area contributed by atoms with E-state index in [9.17, 15) is 9.18 Å². The molecule has 4 nitrogen and oxygen atoms in total. The number of carbonyl (C=O) groups is 1. The predicted octanol–water partition coefficient (Wildman–Crippen LogP) is 3.23. The summed E-state index contributed by atoms with van der Waals surface area (Å²) in [6, 6.07) is 6.20. The zero-order valence-corrected chi connectivity index (χ0v) is 16.0. The van der Waals surface area contributed by atoms with Crippen molar-refractivity contribution in [1.82, 2.24) is 4.90 Å². The van der Waals surface area contributed by atoms with Crippen LogP contribution in [0.2, 0.25) is 0 Å². The number of hydrogen-bond donors (Lipinski definition) is 1. The summed E-state index contributed by atoms with van der Waals surface area (Å²) in [5.41, 5.74) is 7.25. The highest BCUT2D eigenvalue weighted by atomic mass is 35.5. The lowest BCUT2D eigenvalue weighted by Crippen LogP contribution is -2.55. The topological polar surface area (TPSA) is 49.6 Å². The van der Waals surface area contributed by atoms with Crippen molar-refractivity contribution in [3.8, 4) is 0 Å². The van der Waals surface area contributed by atoms with Gasteiger partial charge in [-0.2, -0.15) is 0 Å². The van der Waals surface area contributed by atoms with Gasteiger partial charge in [-0.3, -0.25) is 4.79 Å². The van der Waals surface area contributed by atoms with E-state index in [1.54, 1.807) is 12.1 Å². The van der Waals surface area contributed by atoms with Gasteiger partial charge in [-0.05, 0) is 43.0 Å². The van der Waals surface area contributed by atoms with Crippen LogP contribution in [0.15, 0.2) is 24.3 Å².